The highest BCUT2D eigenvalue weighted by molar-refractivity contribution is 5.80. The quantitative estimate of drug-likeness (QED) is 0.0308. The van der Waals surface area contributed by atoms with Crippen LogP contribution in [-0.2, 0) is 4.79 Å². The Morgan fingerprint density at radius 1 is 0.348 bits per heavy atom. The van der Waals surface area contributed by atoms with Gasteiger partial charge in [-0.1, -0.05) is 328 Å². The van der Waals surface area contributed by atoms with Crippen LogP contribution in [0, 0.1) is 0 Å². The number of amides is 1. The molecule has 0 aliphatic rings. The molecule has 6 nitrogen and oxygen atoms in total. The maximum absolute atomic E-state index is 12.6. The first-order valence-corrected chi connectivity index (χ1v) is 31.6. The van der Waals surface area contributed by atoms with Crippen molar-refractivity contribution in [2.24, 2.45) is 0 Å². The van der Waals surface area contributed by atoms with Crippen molar-refractivity contribution in [1.82, 2.24) is 5.32 Å². The van der Waals surface area contributed by atoms with E-state index in [0.29, 0.717) is 12.8 Å². The van der Waals surface area contributed by atoms with Crippen molar-refractivity contribution in [3.05, 3.63) is 12.2 Å². The van der Waals surface area contributed by atoms with E-state index in [1.165, 1.54) is 283 Å². The van der Waals surface area contributed by atoms with Crippen LogP contribution in [0.5, 0.6) is 0 Å². The summed E-state index contributed by atoms with van der Waals surface area (Å²) in [5, 5.41) is 44.1. The topological polar surface area (TPSA) is 110 Å². The van der Waals surface area contributed by atoms with E-state index in [1.807, 2.05) is 0 Å². The molecule has 1 amide bonds. The van der Waals surface area contributed by atoms with Gasteiger partial charge in [-0.25, -0.2) is 0 Å². The van der Waals surface area contributed by atoms with E-state index in [2.05, 4.69) is 31.3 Å². The van der Waals surface area contributed by atoms with Crippen molar-refractivity contribution in [3.63, 3.8) is 0 Å². The number of unbranched alkanes of at least 4 members (excludes halogenated alkanes) is 48. The first-order valence-electron chi connectivity index (χ1n) is 31.6. The standard InChI is InChI=1S/C63H125NO5/c1-3-5-7-9-11-13-15-17-19-21-23-25-26-27-28-29-30-31-32-33-34-35-37-38-40-42-44-46-48-50-52-54-56-60(66)62(68)59(58-65)64-63(69)61(67)57-55-53-51-49-47-45-43-41-39-36-24-22-20-18-16-14-12-10-8-6-4-2/h39,41,59-62,65-68H,3-38,40,42-58H2,1-2H3,(H,64,69)/b41-39-. The number of aliphatic hydroxyl groups is 4. The van der Waals surface area contributed by atoms with E-state index in [-0.39, 0.29) is 0 Å². The molecular weight excluding hydrogens is 851 g/mol. The number of hydrogen-bond acceptors (Lipinski definition) is 5. The molecule has 0 fully saturated rings. The Labute approximate surface area is 432 Å². The fourth-order valence-electron chi connectivity index (χ4n) is 10.3. The zero-order valence-electron chi connectivity index (χ0n) is 46.8. The van der Waals surface area contributed by atoms with Gasteiger partial charge in [0.1, 0.15) is 12.2 Å². The average Bonchev–Trinajstić information content (AvgIpc) is 3.35. The van der Waals surface area contributed by atoms with Gasteiger partial charge in [-0.15, -0.1) is 0 Å². The Morgan fingerprint density at radius 2 is 0.580 bits per heavy atom. The summed E-state index contributed by atoms with van der Waals surface area (Å²) in [5.41, 5.74) is 0. The van der Waals surface area contributed by atoms with Crippen LogP contribution < -0.4 is 5.32 Å². The minimum atomic E-state index is -1.26. The third kappa shape index (κ3) is 51.7. The molecule has 0 saturated carbocycles. The Hall–Kier alpha value is -0.950. The summed E-state index contributed by atoms with van der Waals surface area (Å²) in [4.78, 5) is 12.6. The molecule has 0 radical (unpaired) electrons. The minimum absolute atomic E-state index is 0.365. The first kappa shape index (κ1) is 68.0. The highest BCUT2D eigenvalue weighted by Gasteiger charge is 2.28. The fraction of sp³-hybridized carbons (Fsp3) is 0.952. The highest BCUT2D eigenvalue weighted by atomic mass is 16.3. The predicted octanol–water partition coefficient (Wildman–Crippen LogP) is 18.8. The lowest BCUT2D eigenvalue weighted by Crippen LogP contribution is -2.53. The van der Waals surface area contributed by atoms with Crippen molar-refractivity contribution >= 4 is 5.91 Å². The van der Waals surface area contributed by atoms with Crippen LogP contribution >= 0.6 is 0 Å². The van der Waals surface area contributed by atoms with E-state index in [4.69, 9.17) is 0 Å². The third-order valence-electron chi connectivity index (χ3n) is 15.2. The molecule has 0 aliphatic carbocycles. The molecule has 0 heterocycles. The van der Waals surface area contributed by atoms with Crippen LogP contribution in [0.4, 0.5) is 0 Å². The first-order chi connectivity index (χ1) is 34.0. The number of carbonyl (C=O) groups is 1. The largest absolute Gasteiger partial charge is 0.394 e. The van der Waals surface area contributed by atoms with Gasteiger partial charge in [-0.05, 0) is 38.5 Å². The van der Waals surface area contributed by atoms with Crippen LogP contribution in [0.1, 0.15) is 354 Å². The zero-order valence-corrected chi connectivity index (χ0v) is 46.8. The molecule has 4 unspecified atom stereocenters. The maximum Gasteiger partial charge on any atom is 0.249 e. The summed E-state index contributed by atoms with van der Waals surface area (Å²) in [6.45, 7) is 4.10. The van der Waals surface area contributed by atoms with Gasteiger partial charge in [0.2, 0.25) is 5.91 Å². The molecule has 0 rings (SSSR count). The summed E-state index contributed by atoms with van der Waals surface area (Å²) in [6.07, 6.45) is 70.2. The Balaban J connectivity index is 3.55. The molecule has 69 heavy (non-hydrogen) atoms. The lowest BCUT2D eigenvalue weighted by molar-refractivity contribution is -0.132. The van der Waals surface area contributed by atoms with Crippen molar-refractivity contribution in [2.75, 3.05) is 6.61 Å². The minimum Gasteiger partial charge on any atom is -0.394 e. The van der Waals surface area contributed by atoms with E-state index in [1.54, 1.807) is 0 Å². The number of rotatable bonds is 59. The number of aliphatic hydroxyl groups excluding tert-OH is 4. The lowest BCUT2D eigenvalue weighted by Gasteiger charge is -2.27. The Bertz CT molecular complexity index is 1010. The van der Waals surface area contributed by atoms with Crippen molar-refractivity contribution in [2.45, 2.75) is 379 Å². The number of hydrogen-bond donors (Lipinski definition) is 5. The molecular formula is C63H125NO5. The smallest absolute Gasteiger partial charge is 0.249 e. The number of carbonyl (C=O) groups excluding carboxylic acids is 1. The van der Waals surface area contributed by atoms with Crippen LogP contribution in [0.3, 0.4) is 0 Å². The Morgan fingerprint density at radius 3 is 0.841 bits per heavy atom. The molecule has 0 aromatic carbocycles. The summed E-state index contributed by atoms with van der Waals surface area (Å²) < 4.78 is 0. The number of allylic oxidation sites excluding steroid dienone is 2. The van der Waals surface area contributed by atoms with Gasteiger partial charge in [0.25, 0.3) is 0 Å². The van der Waals surface area contributed by atoms with E-state index in [9.17, 15) is 25.2 Å². The molecule has 412 valence electrons. The third-order valence-corrected chi connectivity index (χ3v) is 15.2. The zero-order chi connectivity index (χ0) is 50.2. The van der Waals surface area contributed by atoms with E-state index < -0.39 is 36.9 Å². The molecule has 4 atom stereocenters. The second-order valence-electron chi connectivity index (χ2n) is 22.1. The second kappa shape index (κ2) is 57.9. The van der Waals surface area contributed by atoms with Crippen molar-refractivity contribution in [1.29, 1.82) is 0 Å². The molecule has 0 saturated heterocycles. The fourth-order valence-corrected chi connectivity index (χ4v) is 10.3. The van der Waals surface area contributed by atoms with Crippen LogP contribution in [0.15, 0.2) is 12.2 Å². The van der Waals surface area contributed by atoms with Crippen molar-refractivity contribution < 1.29 is 25.2 Å². The van der Waals surface area contributed by atoms with E-state index >= 15 is 0 Å². The van der Waals surface area contributed by atoms with Gasteiger partial charge in [0, 0.05) is 0 Å². The van der Waals surface area contributed by atoms with E-state index in [0.717, 1.165) is 44.9 Å². The van der Waals surface area contributed by atoms with Crippen molar-refractivity contribution in [3.8, 4) is 0 Å². The summed E-state index contributed by atoms with van der Waals surface area (Å²) in [6, 6.07) is -0.987. The lowest BCUT2D eigenvalue weighted by atomic mass is 9.99. The SMILES string of the molecule is CCCCCCCCCCCCC/C=C\CCCCCCCCC(O)C(=O)NC(CO)C(O)C(O)CCCCCCCCCCCCCCCCCCCCCCCCCCCCCCCCCC. The van der Waals surface area contributed by atoms with Gasteiger partial charge in [-0.2, -0.15) is 0 Å². The molecule has 5 N–H and O–H groups in total. The number of nitrogens with one attached hydrogen (secondary N) is 1. The average molecular weight is 977 g/mol. The maximum atomic E-state index is 12.6. The van der Waals surface area contributed by atoms with Gasteiger partial charge < -0.3 is 25.7 Å². The van der Waals surface area contributed by atoms with Crippen LogP contribution in [0.2, 0.25) is 0 Å². The predicted molar refractivity (Wildman–Crippen MR) is 302 cm³/mol. The normalized spacial score (nSPS) is 13.7. The van der Waals surface area contributed by atoms with Gasteiger partial charge in [-0.3, -0.25) is 4.79 Å². The monoisotopic (exact) mass is 976 g/mol. The molecule has 0 spiro atoms. The summed E-state index contributed by atoms with van der Waals surface area (Å²) >= 11 is 0. The molecule has 0 aliphatic heterocycles. The summed E-state index contributed by atoms with van der Waals surface area (Å²) in [7, 11) is 0. The molecule has 6 heteroatoms. The van der Waals surface area contributed by atoms with Gasteiger partial charge in [0.05, 0.1) is 18.8 Å². The second-order valence-corrected chi connectivity index (χ2v) is 22.1. The van der Waals surface area contributed by atoms with Crippen LogP contribution in [0.25, 0.3) is 0 Å². The highest BCUT2D eigenvalue weighted by Crippen LogP contribution is 2.19. The Kier molecular flexibility index (Phi) is 57.1. The van der Waals surface area contributed by atoms with Crippen LogP contribution in [-0.4, -0.2) is 57.3 Å². The molecule has 0 aromatic heterocycles. The molecule has 0 bridgehead atoms. The summed E-state index contributed by atoms with van der Waals surface area (Å²) in [5.74, 6) is -0.582. The van der Waals surface area contributed by atoms with Gasteiger partial charge >= 0.3 is 0 Å². The molecule has 0 aromatic rings. The van der Waals surface area contributed by atoms with Gasteiger partial charge in [0.15, 0.2) is 0 Å².